The minimum absolute atomic E-state index is 0.00685. The molecule has 0 radical (unpaired) electrons. The van der Waals surface area contributed by atoms with Crippen LogP contribution >= 0.6 is 0 Å². The lowest BCUT2D eigenvalue weighted by molar-refractivity contribution is -0.139. The van der Waals surface area contributed by atoms with Crippen molar-refractivity contribution in [1.29, 1.82) is 0 Å². The standard InChI is InChI=1S/C9H19N3O3S/c1-7(16(2)15)3-5-11-8(13)9(14)12-6-4-10/h7H,3-6,10H2,1-2H3,(H,11,13)(H,12,14). The highest BCUT2D eigenvalue weighted by molar-refractivity contribution is 7.84. The molecule has 0 aliphatic rings. The first-order chi connectivity index (χ1) is 7.49. The molecule has 0 aliphatic carbocycles. The molecular weight excluding hydrogens is 230 g/mol. The molecule has 0 saturated carbocycles. The van der Waals surface area contributed by atoms with Crippen molar-refractivity contribution in [2.45, 2.75) is 18.6 Å². The second-order valence-corrected chi connectivity index (χ2v) is 5.20. The number of rotatable bonds is 6. The molecule has 6 nitrogen and oxygen atoms in total. The maximum Gasteiger partial charge on any atom is 0.309 e. The summed E-state index contributed by atoms with van der Waals surface area (Å²) in [6.45, 7) is 2.75. The third kappa shape index (κ3) is 6.52. The minimum Gasteiger partial charge on any atom is -0.348 e. The third-order valence-electron chi connectivity index (χ3n) is 2.04. The Kier molecular flexibility index (Phi) is 7.74. The van der Waals surface area contributed by atoms with Gasteiger partial charge >= 0.3 is 11.8 Å². The summed E-state index contributed by atoms with van der Waals surface area (Å²) in [6, 6.07) is 0. The average molecular weight is 249 g/mol. The van der Waals surface area contributed by atoms with Crippen molar-refractivity contribution in [3.63, 3.8) is 0 Å². The zero-order valence-electron chi connectivity index (χ0n) is 9.62. The van der Waals surface area contributed by atoms with Gasteiger partial charge in [0.15, 0.2) is 0 Å². The average Bonchev–Trinajstić information content (AvgIpc) is 2.25. The largest absolute Gasteiger partial charge is 0.348 e. The molecule has 0 bridgehead atoms. The Morgan fingerprint density at radius 1 is 1.25 bits per heavy atom. The van der Waals surface area contributed by atoms with E-state index in [4.69, 9.17) is 5.73 Å². The fraction of sp³-hybridized carbons (Fsp3) is 0.778. The van der Waals surface area contributed by atoms with E-state index in [1.54, 1.807) is 6.26 Å². The monoisotopic (exact) mass is 249 g/mol. The van der Waals surface area contributed by atoms with Gasteiger partial charge in [0.25, 0.3) is 0 Å². The van der Waals surface area contributed by atoms with E-state index in [0.29, 0.717) is 19.5 Å². The molecule has 0 heterocycles. The van der Waals surface area contributed by atoms with Crippen molar-refractivity contribution in [1.82, 2.24) is 10.6 Å². The van der Waals surface area contributed by atoms with E-state index in [1.807, 2.05) is 6.92 Å². The summed E-state index contributed by atoms with van der Waals surface area (Å²) in [5.41, 5.74) is 5.17. The lowest BCUT2D eigenvalue weighted by atomic mass is 10.3. The molecule has 0 aliphatic heterocycles. The number of hydrogen-bond acceptors (Lipinski definition) is 4. The number of hydrogen-bond donors (Lipinski definition) is 3. The van der Waals surface area contributed by atoms with Crippen molar-refractivity contribution in [2.24, 2.45) is 5.73 Å². The molecule has 2 atom stereocenters. The van der Waals surface area contributed by atoms with Gasteiger partial charge in [-0.3, -0.25) is 13.8 Å². The summed E-state index contributed by atoms with van der Waals surface area (Å²) in [7, 11) is -0.909. The van der Waals surface area contributed by atoms with Gasteiger partial charge in [0, 0.05) is 41.9 Å². The number of carbonyl (C=O) groups excluding carboxylic acids is 2. The van der Waals surface area contributed by atoms with Crippen LogP contribution in [0.1, 0.15) is 13.3 Å². The van der Waals surface area contributed by atoms with Gasteiger partial charge in [0.1, 0.15) is 0 Å². The maximum atomic E-state index is 11.2. The van der Waals surface area contributed by atoms with Crippen LogP contribution in [0.15, 0.2) is 0 Å². The molecule has 0 saturated heterocycles. The summed E-state index contributed by atoms with van der Waals surface area (Å²) in [6.07, 6.45) is 2.19. The molecule has 94 valence electrons. The lowest BCUT2D eigenvalue weighted by Crippen LogP contribution is -2.42. The molecule has 16 heavy (non-hydrogen) atoms. The van der Waals surface area contributed by atoms with Crippen LogP contribution in [0.25, 0.3) is 0 Å². The molecule has 0 fully saturated rings. The van der Waals surface area contributed by atoms with Gasteiger partial charge in [-0.05, 0) is 6.42 Å². The summed E-state index contributed by atoms with van der Waals surface area (Å²) < 4.78 is 11.0. The smallest absolute Gasteiger partial charge is 0.309 e. The van der Waals surface area contributed by atoms with E-state index in [1.165, 1.54) is 0 Å². The second kappa shape index (κ2) is 8.23. The van der Waals surface area contributed by atoms with Crippen LogP contribution in [-0.4, -0.2) is 47.2 Å². The zero-order valence-corrected chi connectivity index (χ0v) is 10.4. The fourth-order valence-electron chi connectivity index (χ4n) is 0.901. The Hall–Kier alpha value is -0.950. The van der Waals surface area contributed by atoms with Crippen LogP contribution in [0.3, 0.4) is 0 Å². The second-order valence-electron chi connectivity index (χ2n) is 3.40. The quantitative estimate of drug-likeness (QED) is 0.490. The van der Waals surface area contributed by atoms with Gasteiger partial charge in [-0.15, -0.1) is 0 Å². The van der Waals surface area contributed by atoms with Gasteiger partial charge in [-0.2, -0.15) is 0 Å². The molecule has 2 amide bonds. The zero-order chi connectivity index (χ0) is 12.6. The molecule has 0 rings (SSSR count). The highest BCUT2D eigenvalue weighted by Crippen LogP contribution is 1.96. The van der Waals surface area contributed by atoms with E-state index < -0.39 is 22.6 Å². The summed E-state index contributed by atoms with van der Waals surface area (Å²) in [5.74, 6) is -1.36. The summed E-state index contributed by atoms with van der Waals surface area (Å²) in [4.78, 5) is 22.2. The first-order valence-electron chi connectivity index (χ1n) is 5.07. The lowest BCUT2D eigenvalue weighted by Gasteiger charge is -2.09. The van der Waals surface area contributed by atoms with Gasteiger partial charge in [0.05, 0.1) is 0 Å². The highest BCUT2D eigenvalue weighted by Gasteiger charge is 2.12. The number of nitrogens with one attached hydrogen (secondary N) is 2. The predicted octanol–water partition coefficient (Wildman–Crippen LogP) is -1.67. The van der Waals surface area contributed by atoms with Gasteiger partial charge in [-0.25, -0.2) is 0 Å². The summed E-state index contributed by atoms with van der Waals surface area (Å²) >= 11 is 0. The molecular formula is C9H19N3O3S. The Balaban J connectivity index is 3.73. The Morgan fingerprint density at radius 3 is 2.19 bits per heavy atom. The number of amides is 2. The van der Waals surface area contributed by atoms with E-state index in [-0.39, 0.29) is 11.8 Å². The van der Waals surface area contributed by atoms with Crippen LogP contribution in [0.5, 0.6) is 0 Å². The molecule has 0 aromatic carbocycles. The van der Waals surface area contributed by atoms with Crippen molar-refractivity contribution in [2.75, 3.05) is 25.9 Å². The first-order valence-corrected chi connectivity index (χ1v) is 6.69. The van der Waals surface area contributed by atoms with Gasteiger partial charge in [-0.1, -0.05) is 6.92 Å². The Morgan fingerprint density at radius 2 is 1.75 bits per heavy atom. The Labute approximate surface area is 97.8 Å². The Bertz CT molecular complexity index is 271. The minimum atomic E-state index is -0.909. The van der Waals surface area contributed by atoms with E-state index in [2.05, 4.69) is 10.6 Å². The first kappa shape index (κ1) is 15.0. The van der Waals surface area contributed by atoms with Crippen LogP contribution < -0.4 is 16.4 Å². The highest BCUT2D eigenvalue weighted by atomic mass is 32.2. The normalized spacial score (nSPS) is 13.9. The van der Waals surface area contributed by atoms with Crippen molar-refractivity contribution in [3.05, 3.63) is 0 Å². The van der Waals surface area contributed by atoms with Gasteiger partial charge < -0.3 is 16.4 Å². The third-order valence-corrected chi connectivity index (χ3v) is 3.41. The molecule has 0 aromatic heterocycles. The molecule has 7 heteroatoms. The summed E-state index contributed by atoms with van der Waals surface area (Å²) in [5, 5.41) is 4.81. The van der Waals surface area contributed by atoms with Crippen LogP contribution in [0, 0.1) is 0 Å². The molecule has 0 spiro atoms. The van der Waals surface area contributed by atoms with Crippen molar-refractivity contribution in [3.8, 4) is 0 Å². The predicted molar refractivity (Wildman–Crippen MR) is 63.2 cm³/mol. The number of nitrogens with two attached hydrogens (primary N) is 1. The molecule has 0 aromatic rings. The van der Waals surface area contributed by atoms with Crippen LogP contribution in [-0.2, 0) is 20.4 Å². The SMILES string of the molecule is CC(CCNC(=O)C(=O)NCCN)S(C)=O. The van der Waals surface area contributed by atoms with E-state index >= 15 is 0 Å². The molecule has 4 N–H and O–H groups in total. The van der Waals surface area contributed by atoms with E-state index in [9.17, 15) is 13.8 Å². The fourth-order valence-corrected chi connectivity index (χ4v) is 1.35. The van der Waals surface area contributed by atoms with Crippen LogP contribution in [0.4, 0.5) is 0 Å². The maximum absolute atomic E-state index is 11.2. The van der Waals surface area contributed by atoms with Crippen LogP contribution in [0.2, 0.25) is 0 Å². The van der Waals surface area contributed by atoms with Crippen molar-refractivity contribution < 1.29 is 13.8 Å². The van der Waals surface area contributed by atoms with Crippen molar-refractivity contribution >= 4 is 22.6 Å². The molecule has 2 unspecified atom stereocenters. The van der Waals surface area contributed by atoms with Gasteiger partial charge in [0.2, 0.25) is 0 Å². The number of carbonyl (C=O) groups is 2. The van der Waals surface area contributed by atoms with E-state index in [0.717, 1.165) is 0 Å². The topological polar surface area (TPSA) is 101 Å².